The Hall–Kier alpha value is -2.26. The number of nitrogens with one attached hydrogen (secondary N) is 1. The van der Waals surface area contributed by atoms with Gasteiger partial charge in [0.25, 0.3) is 0 Å². The van der Waals surface area contributed by atoms with Gasteiger partial charge in [0.15, 0.2) is 12.1 Å². The highest BCUT2D eigenvalue weighted by atomic mass is 19.4. The first-order chi connectivity index (χ1) is 13.3. The van der Waals surface area contributed by atoms with Crippen molar-refractivity contribution in [3.8, 4) is 0 Å². The van der Waals surface area contributed by atoms with Crippen molar-refractivity contribution in [2.24, 2.45) is 4.99 Å². The first kappa shape index (κ1) is 19.1. The lowest BCUT2D eigenvalue weighted by atomic mass is 10.1. The maximum absolute atomic E-state index is 13.5. The van der Waals surface area contributed by atoms with Gasteiger partial charge in [0.1, 0.15) is 0 Å². The van der Waals surface area contributed by atoms with E-state index < -0.39 is 11.7 Å². The Kier molecular flexibility index (Phi) is 4.96. The second kappa shape index (κ2) is 7.29. The van der Waals surface area contributed by atoms with Crippen LogP contribution in [0.25, 0.3) is 0 Å². The van der Waals surface area contributed by atoms with E-state index in [0.717, 1.165) is 43.8 Å². The Labute approximate surface area is 162 Å². The molecule has 0 bridgehead atoms. The monoisotopic (exact) mass is 394 g/mol. The van der Waals surface area contributed by atoms with Crippen LogP contribution in [0.4, 0.5) is 13.2 Å². The van der Waals surface area contributed by atoms with Gasteiger partial charge in [0.2, 0.25) is 0 Å². The number of likely N-dealkylation sites (N-methyl/N-ethyl adjacent to an activating group) is 1. The van der Waals surface area contributed by atoms with Crippen molar-refractivity contribution in [2.45, 2.75) is 19.0 Å². The molecule has 0 aromatic heterocycles. The summed E-state index contributed by atoms with van der Waals surface area (Å²) < 4.78 is 40.6. The van der Waals surface area contributed by atoms with Crippen LogP contribution in [0.3, 0.4) is 0 Å². The average molecular weight is 394 g/mol. The molecule has 4 rings (SSSR count). The summed E-state index contributed by atoms with van der Waals surface area (Å²) in [5, 5.41) is 3.32. The summed E-state index contributed by atoms with van der Waals surface area (Å²) in [7, 11) is 3.92. The number of rotatable bonds is 3. The number of hydrogen-bond acceptors (Lipinski definition) is 6. The summed E-state index contributed by atoms with van der Waals surface area (Å²) in [4.78, 5) is 13.2. The highest BCUT2D eigenvalue weighted by Crippen LogP contribution is 2.35. The van der Waals surface area contributed by atoms with E-state index >= 15 is 0 Å². The Morgan fingerprint density at radius 2 is 1.86 bits per heavy atom. The average Bonchev–Trinajstić information content (AvgIpc) is 3.01. The molecular weight excluding hydrogens is 369 g/mol. The number of aliphatic imine (C=N–C) groups is 1. The van der Waals surface area contributed by atoms with Crippen LogP contribution < -0.4 is 5.32 Å². The molecule has 3 heterocycles. The molecule has 0 aliphatic carbocycles. The van der Waals surface area contributed by atoms with E-state index in [1.807, 2.05) is 35.0 Å². The summed E-state index contributed by atoms with van der Waals surface area (Å²) in [6, 6.07) is 5.82. The van der Waals surface area contributed by atoms with Gasteiger partial charge in [-0.2, -0.15) is 13.2 Å². The Balaban J connectivity index is 1.70. The van der Waals surface area contributed by atoms with Crippen molar-refractivity contribution < 1.29 is 13.2 Å². The number of nitrogens with zero attached hydrogens (tertiary/aromatic N) is 5. The second-order valence-corrected chi connectivity index (χ2v) is 7.48. The van der Waals surface area contributed by atoms with Crippen LogP contribution in [0.1, 0.15) is 11.1 Å². The van der Waals surface area contributed by atoms with E-state index in [9.17, 15) is 13.2 Å². The van der Waals surface area contributed by atoms with E-state index in [4.69, 9.17) is 4.99 Å². The quantitative estimate of drug-likeness (QED) is 0.846. The lowest BCUT2D eigenvalue weighted by molar-refractivity contribution is -0.138. The fourth-order valence-corrected chi connectivity index (χ4v) is 4.05. The first-order valence-corrected chi connectivity index (χ1v) is 9.42. The third kappa shape index (κ3) is 3.56. The van der Waals surface area contributed by atoms with Crippen LogP contribution >= 0.6 is 0 Å². The maximum Gasteiger partial charge on any atom is 0.416 e. The van der Waals surface area contributed by atoms with Crippen molar-refractivity contribution in [3.63, 3.8) is 0 Å². The normalized spacial score (nSPS) is 23.6. The van der Waals surface area contributed by atoms with E-state index in [1.54, 1.807) is 12.1 Å². The van der Waals surface area contributed by atoms with Crippen LogP contribution in [0, 0.1) is 0 Å². The topological polar surface area (TPSA) is 37.4 Å². The summed E-state index contributed by atoms with van der Waals surface area (Å²) in [6.07, 6.45) is -2.69. The summed E-state index contributed by atoms with van der Waals surface area (Å²) in [5.74, 6) is 0.839. The molecule has 3 aliphatic heterocycles. The Bertz CT molecular complexity index is 784. The molecule has 1 atom stereocenters. The molecule has 1 unspecified atom stereocenters. The van der Waals surface area contributed by atoms with Crippen molar-refractivity contribution in [1.82, 2.24) is 24.9 Å². The van der Waals surface area contributed by atoms with Gasteiger partial charge < -0.3 is 20.0 Å². The molecule has 1 N–H and O–H groups in total. The molecule has 1 fully saturated rings. The van der Waals surface area contributed by atoms with Crippen LogP contribution in [-0.2, 0) is 12.7 Å². The number of hydrogen-bond donors (Lipinski definition) is 1. The minimum absolute atomic E-state index is 0.158. The smallest absolute Gasteiger partial charge is 0.361 e. The van der Waals surface area contributed by atoms with Crippen molar-refractivity contribution >= 4 is 5.84 Å². The van der Waals surface area contributed by atoms with Crippen LogP contribution in [0.15, 0.2) is 41.2 Å². The molecule has 9 heteroatoms. The zero-order chi connectivity index (χ0) is 19.9. The van der Waals surface area contributed by atoms with E-state index in [1.165, 1.54) is 6.07 Å². The third-order valence-electron chi connectivity index (χ3n) is 5.34. The number of halogens is 3. The molecule has 1 saturated heterocycles. The molecule has 6 nitrogen and oxygen atoms in total. The molecule has 0 radical (unpaired) electrons. The standard InChI is InChI=1S/C19H25F3N6/c1-25-12-16-17(26(2)13-25)24-18(27-9-7-23-8-10-27)28(16)11-14-5-3-4-6-15(14)19(20,21)22/h3-6,12,18,23H,7-11,13H2,1-2H3. The van der Waals surface area contributed by atoms with Gasteiger partial charge in [-0.15, -0.1) is 0 Å². The van der Waals surface area contributed by atoms with E-state index in [2.05, 4.69) is 10.2 Å². The predicted octanol–water partition coefficient (Wildman–Crippen LogP) is 1.78. The molecule has 0 spiro atoms. The summed E-state index contributed by atoms with van der Waals surface area (Å²) >= 11 is 0. The largest absolute Gasteiger partial charge is 0.416 e. The lowest BCUT2D eigenvalue weighted by Gasteiger charge is -2.39. The van der Waals surface area contributed by atoms with Crippen molar-refractivity contribution in [3.05, 3.63) is 47.3 Å². The van der Waals surface area contributed by atoms with Gasteiger partial charge in [0, 0.05) is 53.0 Å². The van der Waals surface area contributed by atoms with Crippen LogP contribution in [0.2, 0.25) is 0 Å². The van der Waals surface area contributed by atoms with Crippen molar-refractivity contribution in [2.75, 3.05) is 46.9 Å². The minimum Gasteiger partial charge on any atom is -0.361 e. The molecule has 0 saturated carbocycles. The van der Waals surface area contributed by atoms with Gasteiger partial charge in [-0.3, -0.25) is 4.90 Å². The molecule has 1 aromatic carbocycles. The van der Waals surface area contributed by atoms with Gasteiger partial charge in [0.05, 0.1) is 17.9 Å². The van der Waals surface area contributed by atoms with E-state index in [0.29, 0.717) is 6.67 Å². The molecule has 0 amide bonds. The van der Waals surface area contributed by atoms with Gasteiger partial charge >= 0.3 is 6.18 Å². The fraction of sp³-hybridized carbons (Fsp3) is 0.526. The summed E-state index contributed by atoms with van der Waals surface area (Å²) in [5.41, 5.74) is 0.556. The number of amidine groups is 1. The van der Waals surface area contributed by atoms with Gasteiger partial charge in [-0.05, 0) is 11.6 Å². The van der Waals surface area contributed by atoms with Gasteiger partial charge in [-0.1, -0.05) is 18.2 Å². The van der Waals surface area contributed by atoms with E-state index in [-0.39, 0.29) is 18.4 Å². The first-order valence-electron chi connectivity index (χ1n) is 9.42. The second-order valence-electron chi connectivity index (χ2n) is 7.48. The number of benzene rings is 1. The number of fused-ring (bicyclic) bond motifs is 1. The van der Waals surface area contributed by atoms with Crippen LogP contribution in [0.5, 0.6) is 0 Å². The third-order valence-corrected chi connectivity index (χ3v) is 5.34. The molecule has 1 aromatic rings. The SMILES string of the molecule is CN1C=C2C(=NC(N3CCNCC3)N2Cc2ccccc2C(F)(F)F)N(C)C1. The zero-order valence-electron chi connectivity index (χ0n) is 16.1. The lowest BCUT2D eigenvalue weighted by Crippen LogP contribution is -2.52. The highest BCUT2D eigenvalue weighted by molar-refractivity contribution is 5.99. The maximum atomic E-state index is 13.5. The van der Waals surface area contributed by atoms with Crippen molar-refractivity contribution in [1.29, 1.82) is 0 Å². The predicted molar refractivity (Wildman–Crippen MR) is 101 cm³/mol. The minimum atomic E-state index is -4.38. The Morgan fingerprint density at radius 3 is 2.57 bits per heavy atom. The molecule has 152 valence electrons. The molecular formula is C19H25F3N6. The number of piperazine rings is 1. The Morgan fingerprint density at radius 1 is 1.14 bits per heavy atom. The van der Waals surface area contributed by atoms with Crippen LogP contribution in [-0.4, -0.2) is 78.7 Å². The fourth-order valence-electron chi connectivity index (χ4n) is 4.05. The number of alkyl halides is 3. The molecule has 28 heavy (non-hydrogen) atoms. The zero-order valence-corrected chi connectivity index (χ0v) is 16.1. The highest BCUT2D eigenvalue weighted by Gasteiger charge is 2.40. The van der Waals surface area contributed by atoms with Gasteiger partial charge in [-0.25, -0.2) is 4.99 Å². The molecule has 3 aliphatic rings. The summed E-state index contributed by atoms with van der Waals surface area (Å²) in [6.45, 7) is 4.18.